The summed E-state index contributed by atoms with van der Waals surface area (Å²) < 4.78 is 8.07. The number of aliphatic carboxylic acids is 1. The number of anilines is 1. The molecule has 0 aliphatic rings. The zero-order valence-electron chi connectivity index (χ0n) is 22.8. The zero-order valence-corrected chi connectivity index (χ0v) is 22.8. The first-order valence-corrected chi connectivity index (χ1v) is 13.5. The van der Waals surface area contributed by atoms with Crippen molar-refractivity contribution >= 4 is 34.0 Å². The normalized spacial score (nSPS) is 12.3. The summed E-state index contributed by atoms with van der Waals surface area (Å²) in [6.07, 6.45) is 6.33. The number of benzene rings is 3. The van der Waals surface area contributed by atoms with Gasteiger partial charge in [0.15, 0.2) is 0 Å². The fourth-order valence-corrected chi connectivity index (χ4v) is 4.91. The lowest BCUT2D eigenvalue weighted by Gasteiger charge is -2.22. The predicted octanol–water partition coefficient (Wildman–Crippen LogP) is 7.62. The highest BCUT2D eigenvalue weighted by Crippen LogP contribution is 2.32. The summed E-state index contributed by atoms with van der Waals surface area (Å²) in [7, 11) is 0. The van der Waals surface area contributed by atoms with Crippen LogP contribution >= 0.6 is 0 Å². The quantitative estimate of drug-likeness (QED) is 0.148. The highest BCUT2D eigenvalue weighted by Gasteiger charge is 2.17. The number of ether oxygens (including phenoxy) is 1. The first kappa shape index (κ1) is 27.7. The Labute approximate surface area is 229 Å². The van der Waals surface area contributed by atoms with Gasteiger partial charge in [-0.25, -0.2) is 0 Å². The summed E-state index contributed by atoms with van der Waals surface area (Å²) in [4.78, 5) is 23.6. The van der Waals surface area contributed by atoms with Crippen molar-refractivity contribution in [3.8, 4) is 5.75 Å². The van der Waals surface area contributed by atoms with Gasteiger partial charge in [-0.3, -0.25) is 9.59 Å². The number of para-hydroxylation sites is 2. The van der Waals surface area contributed by atoms with E-state index in [0.717, 1.165) is 29.4 Å². The van der Waals surface area contributed by atoms with Gasteiger partial charge < -0.3 is 19.7 Å². The van der Waals surface area contributed by atoms with E-state index in [2.05, 4.69) is 78.5 Å². The van der Waals surface area contributed by atoms with Gasteiger partial charge in [0.2, 0.25) is 5.91 Å². The Kier molecular flexibility index (Phi) is 9.21. The Morgan fingerprint density at radius 1 is 1.05 bits per heavy atom. The minimum Gasteiger partial charge on any atom is -0.491 e. The Morgan fingerprint density at radius 3 is 2.59 bits per heavy atom. The molecule has 202 valence electrons. The van der Waals surface area contributed by atoms with E-state index in [1.807, 2.05) is 19.1 Å². The summed E-state index contributed by atoms with van der Waals surface area (Å²) in [5, 5.41) is 12.8. The third kappa shape index (κ3) is 6.96. The fourth-order valence-electron chi connectivity index (χ4n) is 4.91. The Hall–Kier alpha value is -4.32. The zero-order chi connectivity index (χ0) is 27.8. The van der Waals surface area contributed by atoms with Gasteiger partial charge >= 0.3 is 5.97 Å². The van der Waals surface area contributed by atoms with E-state index in [1.54, 1.807) is 18.2 Å². The van der Waals surface area contributed by atoms with Gasteiger partial charge in [0.25, 0.3) is 0 Å². The average molecular weight is 525 g/mol. The third-order valence-electron chi connectivity index (χ3n) is 6.91. The number of carboxylic acids is 1. The molecule has 1 unspecified atom stereocenters. The van der Waals surface area contributed by atoms with E-state index >= 15 is 0 Å². The second-order valence-electron chi connectivity index (χ2n) is 9.82. The number of carboxylic acid groups (broad SMARTS) is 1. The highest BCUT2D eigenvalue weighted by molar-refractivity contribution is 6.04. The van der Waals surface area contributed by atoms with Crippen LogP contribution in [-0.2, 0) is 9.59 Å². The van der Waals surface area contributed by atoms with Crippen LogP contribution in [0.3, 0.4) is 0 Å². The van der Waals surface area contributed by atoms with Crippen molar-refractivity contribution in [2.75, 3.05) is 11.9 Å². The standard InChI is InChI=1S/C33H36N2O4/c1-4-10-30(27-12-6-5-11-23(27)2)35-19-18-26-22-25(16-17-29(26)35)24(3)21-32(36)34-28-13-7-8-14-31(28)39-20-9-15-33(37)38/h5-8,11-14,16-19,21-22,30H,4,9-10,15,20H2,1-3H3,(H,34,36)(H,37,38)/b24-21+. The third-order valence-corrected chi connectivity index (χ3v) is 6.91. The number of fused-ring (bicyclic) bond motifs is 1. The molecular formula is C33H36N2O4. The molecule has 39 heavy (non-hydrogen) atoms. The largest absolute Gasteiger partial charge is 0.491 e. The van der Waals surface area contributed by atoms with Gasteiger partial charge in [0.1, 0.15) is 5.75 Å². The maximum Gasteiger partial charge on any atom is 0.303 e. The lowest BCUT2D eigenvalue weighted by Crippen LogP contribution is -2.11. The Bertz CT molecular complexity index is 1480. The maximum absolute atomic E-state index is 12.9. The molecule has 0 saturated carbocycles. The van der Waals surface area contributed by atoms with Crippen molar-refractivity contribution in [3.05, 3.63) is 102 Å². The van der Waals surface area contributed by atoms with Crippen molar-refractivity contribution < 1.29 is 19.4 Å². The molecule has 0 fully saturated rings. The summed E-state index contributed by atoms with van der Waals surface area (Å²) >= 11 is 0. The van der Waals surface area contributed by atoms with Crippen LogP contribution in [0.1, 0.15) is 62.3 Å². The van der Waals surface area contributed by atoms with Gasteiger partial charge in [-0.1, -0.05) is 55.8 Å². The molecule has 6 heteroatoms. The number of hydrogen-bond donors (Lipinski definition) is 2. The number of carbonyl (C=O) groups is 2. The van der Waals surface area contributed by atoms with Crippen LogP contribution in [0.5, 0.6) is 5.75 Å². The molecule has 0 spiro atoms. The molecule has 1 atom stereocenters. The smallest absolute Gasteiger partial charge is 0.303 e. The van der Waals surface area contributed by atoms with E-state index in [4.69, 9.17) is 9.84 Å². The minimum absolute atomic E-state index is 0.0370. The molecule has 0 saturated heterocycles. The predicted molar refractivity (Wildman–Crippen MR) is 157 cm³/mol. The van der Waals surface area contributed by atoms with Gasteiger partial charge in [-0.15, -0.1) is 0 Å². The van der Waals surface area contributed by atoms with Gasteiger partial charge in [0.05, 0.1) is 18.3 Å². The molecule has 2 N–H and O–H groups in total. The number of amides is 1. The van der Waals surface area contributed by atoms with E-state index in [1.165, 1.54) is 16.6 Å². The van der Waals surface area contributed by atoms with Crippen molar-refractivity contribution in [1.82, 2.24) is 4.57 Å². The molecule has 1 amide bonds. The van der Waals surface area contributed by atoms with Gasteiger partial charge in [-0.2, -0.15) is 0 Å². The van der Waals surface area contributed by atoms with Crippen LogP contribution in [0.15, 0.2) is 85.1 Å². The number of aryl methyl sites for hydroxylation is 1. The number of hydrogen-bond acceptors (Lipinski definition) is 3. The number of allylic oxidation sites excluding steroid dienone is 1. The van der Waals surface area contributed by atoms with Crippen LogP contribution in [-0.4, -0.2) is 28.2 Å². The summed E-state index contributed by atoms with van der Waals surface area (Å²) in [6.45, 7) is 6.58. The average Bonchev–Trinajstić information content (AvgIpc) is 3.34. The van der Waals surface area contributed by atoms with E-state index in [9.17, 15) is 9.59 Å². The molecule has 0 aliphatic carbocycles. The Balaban J connectivity index is 1.50. The number of aromatic nitrogens is 1. The van der Waals surface area contributed by atoms with Crippen LogP contribution in [0.2, 0.25) is 0 Å². The second kappa shape index (κ2) is 13.0. The molecule has 1 heterocycles. The van der Waals surface area contributed by atoms with Crippen molar-refractivity contribution in [3.63, 3.8) is 0 Å². The number of nitrogens with one attached hydrogen (secondary N) is 1. The molecule has 1 aromatic heterocycles. The highest BCUT2D eigenvalue weighted by atomic mass is 16.5. The lowest BCUT2D eigenvalue weighted by atomic mass is 9.97. The Morgan fingerprint density at radius 2 is 1.82 bits per heavy atom. The molecule has 4 rings (SSSR count). The van der Waals surface area contributed by atoms with E-state index in [-0.39, 0.29) is 25.0 Å². The number of carbonyl (C=O) groups excluding carboxylic acids is 1. The second-order valence-corrected chi connectivity index (χ2v) is 9.82. The summed E-state index contributed by atoms with van der Waals surface area (Å²) in [5.41, 5.74) is 6.20. The van der Waals surface area contributed by atoms with Crippen molar-refractivity contribution in [2.45, 2.75) is 52.5 Å². The molecular weight excluding hydrogens is 488 g/mol. The molecule has 0 bridgehead atoms. The number of rotatable bonds is 12. The van der Waals surface area contributed by atoms with Gasteiger partial charge in [0, 0.05) is 29.6 Å². The molecule has 6 nitrogen and oxygen atoms in total. The lowest BCUT2D eigenvalue weighted by molar-refractivity contribution is -0.137. The molecule has 0 aliphatic heterocycles. The van der Waals surface area contributed by atoms with Crippen LogP contribution in [0.25, 0.3) is 16.5 Å². The summed E-state index contributed by atoms with van der Waals surface area (Å²) in [6, 6.07) is 24.5. The minimum atomic E-state index is -0.859. The molecule has 4 aromatic rings. The summed E-state index contributed by atoms with van der Waals surface area (Å²) in [5.74, 6) is -0.600. The molecule has 0 radical (unpaired) electrons. The van der Waals surface area contributed by atoms with Crippen LogP contribution < -0.4 is 10.1 Å². The van der Waals surface area contributed by atoms with Crippen LogP contribution in [0, 0.1) is 6.92 Å². The topological polar surface area (TPSA) is 80.6 Å². The van der Waals surface area contributed by atoms with Crippen molar-refractivity contribution in [2.24, 2.45) is 0 Å². The SMILES string of the molecule is CCCC(c1ccccc1C)n1ccc2cc(/C(C)=C/C(=O)Nc3ccccc3OCCCC(=O)O)ccc21. The first-order chi connectivity index (χ1) is 18.9. The van der Waals surface area contributed by atoms with Crippen molar-refractivity contribution in [1.29, 1.82) is 0 Å². The number of nitrogens with zero attached hydrogens (tertiary/aromatic N) is 1. The van der Waals surface area contributed by atoms with Gasteiger partial charge in [-0.05, 0) is 79.3 Å². The first-order valence-electron chi connectivity index (χ1n) is 13.5. The monoisotopic (exact) mass is 524 g/mol. The van der Waals surface area contributed by atoms with E-state index in [0.29, 0.717) is 17.9 Å². The fraction of sp³-hybridized carbons (Fsp3) is 0.273. The maximum atomic E-state index is 12.9. The van der Waals surface area contributed by atoms with E-state index < -0.39 is 5.97 Å². The van der Waals surface area contributed by atoms with Crippen LogP contribution in [0.4, 0.5) is 5.69 Å². The molecule has 3 aromatic carbocycles.